The summed E-state index contributed by atoms with van der Waals surface area (Å²) in [6, 6.07) is 2.09. The molecule has 0 atom stereocenters. The number of nitrogens with zero attached hydrogens (tertiary/aromatic N) is 1. The van der Waals surface area contributed by atoms with Crippen LogP contribution in [0.15, 0.2) is 24.3 Å². The summed E-state index contributed by atoms with van der Waals surface area (Å²) in [5, 5.41) is 8.54. The molecule has 0 aliphatic heterocycles. The number of hydrogen-bond donors (Lipinski definition) is 0. The predicted octanol–water partition coefficient (Wildman–Crippen LogP) is 8.38. The van der Waals surface area contributed by atoms with Gasteiger partial charge >= 0.3 is 0 Å². The Kier molecular flexibility index (Phi) is 11.6. The lowest BCUT2D eigenvalue weighted by Crippen LogP contribution is -2.15. The second-order valence-electron chi connectivity index (χ2n) is 9.26. The van der Waals surface area contributed by atoms with Crippen molar-refractivity contribution in [1.29, 1.82) is 5.26 Å². The molecule has 2 saturated carbocycles. The van der Waals surface area contributed by atoms with E-state index in [9.17, 15) is 0 Å². The van der Waals surface area contributed by atoms with Crippen molar-refractivity contribution in [2.24, 2.45) is 23.7 Å². The van der Waals surface area contributed by atoms with E-state index in [0.717, 1.165) is 30.1 Å². The summed E-state index contributed by atoms with van der Waals surface area (Å²) in [6.45, 7) is 2.30. The van der Waals surface area contributed by atoms with Gasteiger partial charge in [0.05, 0.1) is 6.07 Å². The fraction of sp³-hybridized carbons (Fsp3) is 0.808. The minimum Gasteiger partial charge on any atom is -0.193 e. The van der Waals surface area contributed by atoms with Crippen LogP contribution >= 0.6 is 0 Å². The Morgan fingerprint density at radius 3 is 1.85 bits per heavy atom. The van der Waals surface area contributed by atoms with Crippen LogP contribution in [0.4, 0.5) is 0 Å². The molecule has 0 bridgehead atoms. The van der Waals surface area contributed by atoms with E-state index in [4.69, 9.17) is 5.26 Å². The second-order valence-corrected chi connectivity index (χ2v) is 9.26. The maximum atomic E-state index is 8.54. The molecule has 27 heavy (non-hydrogen) atoms. The summed E-state index contributed by atoms with van der Waals surface area (Å²) < 4.78 is 0. The van der Waals surface area contributed by atoms with Gasteiger partial charge in [-0.15, -0.1) is 0 Å². The van der Waals surface area contributed by atoms with E-state index < -0.39 is 0 Å². The van der Waals surface area contributed by atoms with Crippen LogP contribution in [0.5, 0.6) is 0 Å². The number of nitriles is 1. The number of unbranched alkanes of at least 4 members (excludes halogenated alkanes) is 4. The van der Waals surface area contributed by atoms with Crippen LogP contribution < -0.4 is 0 Å². The van der Waals surface area contributed by atoms with Gasteiger partial charge in [0.25, 0.3) is 0 Å². The summed E-state index contributed by atoms with van der Waals surface area (Å²) >= 11 is 0. The Morgan fingerprint density at radius 1 is 0.741 bits per heavy atom. The van der Waals surface area contributed by atoms with E-state index in [1.165, 1.54) is 96.3 Å². The van der Waals surface area contributed by atoms with Crippen molar-refractivity contribution in [3.8, 4) is 6.07 Å². The summed E-state index contributed by atoms with van der Waals surface area (Å²) in [5.41, 5.74) is 0. The quantitative estimate of drug-likeness (QED) is 0.204. The normalized spacial score (nSPS) is 29.3. The molecule has 0 aromatic carbocycles. The zero-order chi connectivity index (χ0) is 19.2. The average Bonchev–Trinajstić information content (AvgIpc) is 2.71. The first-order valence-corrected chi connectivity index (χ1v) is 12.0. The maximum absolute atomic E-state index is 8.54. The molecular weight excluding hydrogens is 326 g/mol. The van der Waals surface area contributed by atoms with Gasteiger partial charge in [-0.05, 0) is 87.9 Å². The average molecular weight is 370 g/mol. The highest BCUT2D eigenvalue weighted by Gasteiger charge is 2.21. The SMILES string of the molecule is CCCCCCCC1CCC(C=CC2CCC(CCC=CC#N)CC2)CC1. The molecule has 0 unspecified atom stereocenters. The van der Waals surface area contributed by atoms with E-state index in [0.29, 0.717) is 0 Å². The van der Waals surface area contributed by atoms with E-state index in [2.05, 4.69) is 25.1 Å². The minimum atomic E-state index is 0.840. The topological polar surface area (TPSA) is 23.8 Å². The fourth-order valence-electron chi connectivity index (χ4n) is 5.16. The lowest BCUT2D eigenvalue weighted by Gasteiger charge is -2.29. The van der Waals surface area contributed by atoms with Gasteiger partial charge in [-0.3, -0.25) is 0 Å². The lowest BCUT2D eigenvalue weighted by atomic mass is 9.77. The summed E-state index contributed by atoms with van der Waals surface area (Å²) in [4.78, 5) is 0. The highest BCUT2D eigenvalue weighted by Crippen LogP contribution is 2.35. The van der Waals surface area contributed by atoms with Gasteiger partial charge in [-0.2, -0.15) is 5.26 Å². The number of rotatable bonds is 11. The molecule has 152 valence electrons. The first kappa shape index (κ1) is 22.3. The molecule has 0 radical (unpaired) electrons. The van der Waals surface area contributed by atoms with Crippen molar-refractivity contribution >= 4 is 0 Å². The molecule has 0 saturated heterocycles. The predicted molar refractivity (Wildman–Crippen MR) is 117 cm³/mol. The minimum absolute atomic E-state index is 0.840. The van der Waals surface area contributed by atoms with Crippen molar-refractivity contribution in [2.75, 3.05) is 0 Å². The fourth-order valence-corrected chi connectivity index (χ4v) is 5.16. The molecule has 0 aromatic heterocycles. The molecule has 0 aromatic rings. The van der Waals surface area contributed by atoms with Gasteiger partial charge in [0, 0.05) is 6.08 Å². The van der Waals surface area contributed by atoms with Crippen molar-refractivity contribution in [3.63, 3.8) is 0 Å². The molecule has 0 heterocycles. The standard InChI is InChI=1S/C26H43N/c1-2-3-4-5-7-10-23-12-16-25(17-13-23)20-21-26-18-14-24(15-19-26)11-8-6-9-22-27/h6,9,20-21,23-26H,2-5,7-8,10-19H2,1H3. The molecule has 2 aliphatic rings. The van der Waals surface area contributed by atoms with Gasteiger partial charge < -0.3 is 0 Å². The number of hydrogen-bond acceptors (Lipinski definition) is 1. The highest BCUT2D eigenvalue weighted by atomic mass is 14.3. The van der Waals surface area contributed by atoms with Crippen LogP contribution in [-0.4, -0.2) is 0 Å². The molecule has 0 spiro atoms. The van der Waals surface area contributed by atoms with E-state index >= 15 is 0 Å². The first-order valence-electron chi connectivity index (χ1n) is 12.0. The van der Waals surface area contributed by atoms with Crippen LogP contribution in [0.2, 0.25) is 0 Å². The lowest BCUT2D eigenvalue weighted by molar-refractivity contribution is 0.282. The second kappa shape index (κ2) is 14.0. The van der Waals surface area contributed by atoms with Crippen molar-refractivity contribution in [3.05, 3.63) is 24.3 Å². The zero-order valence-electron chi connectivity index (χ0n) is 17.9. The van der Waals surface area contributed by atoms with Crippen molar-refractivity contribution in [1.82, 2.24) is 0 Å². The van der Waals surface area contributed by atoms with Crippen molar-refractivity contribution in [2.45, 2.75) is 110 Å². The van der Waals surface area contributed by atoms with Crippen LogP contribution in [0.25, 0.3) is 0 Å². The van der Waals surface area contributed by atoms with E-state index in [1.54, 1.807) is 6.08 Å². The zero-order valence-corrected chi connectivity index (χ0v) is 17.9. The maximum Gasteiger partial charge on any atom is 0.0908 e. The van der Waals surface area contributed by atoms with Crippen LogP contribution in [0.1, 0.15) is 110 Å². The largest absolute Gasteiger partial charge is 0.193 e. The Bertz CT molecular complexity index is 453. The molecule has 2 aliphatic carbocycles. The number of allylic oxidation sites excluding steroid dienone is 4. The summed E-state index contributed by atoms with van der Waals surface area (Å²) in [6.07, 6.45) is 31.3. The summed E-state index contributed by atoms with van der Waals surface area (Å²) in [5.74, 6) is 3.63. The monoisotopic (exact) mass is 369 g/mol. The van der Waals surface area contributed by atoms with Crippen molar-refractivity contribution < 1.29 is 0 Å². The summed E-state index contributed by atoms with van der Waals surface area (Å²) in [7, 11) is 0. The Balaban J connectivity index is 1.53. The van der Waals surface area contributed by atoms with Gasteiger partial charge in [0.2, 0.25) is 0 Å². The molecule has 2 rings (SSSR count). The van der Waals surface area contributed by atoms with Crippen LogP contribution in [0, 0.1) is 35.0 Å². The molecular formula is C26H43N. The molecule has 2 fully saturated rings. The molecule has 1 nitrogen and oxygen atoms in total. The smallest absolute Gasteiger partial charge is 0.0908 e. The van der Waals surface area contributed by atoms with E-state index in [-0.39, 0.29) is 0 Å². The van der Waals surface area contributed by atoms with Crippen LogP contribution in [-0.2, 0) is 0 Å². The van der Waals surface area contributed by atoms with E-state index in [1.807, 2.05) is 6.08 Å². The Morgan fingerprint density at radius 2 is 1.30 bits per heavy atom. The third kappa shape index (κ3) is 9.64. The molecule has 0 N–H and O–H groups in total. The highest BCUT2D eigenvalue weighted by molar-refractivity contribution is 5.01. The molecule has 0 amide bonds. The van der Waals surface area contributed by atoms with Crippen LogP contribution in [0.3, 0.4) is 0 Å². The molecule has 1 heteroatoms. The Labute approximate surface area is 169 Å². The Hall–Kier alpha value is -1.03. The first-order chi connectivity index (χ1) is 13.3. The van der Waals surface area contributed by atoms with Gasteiger partial charge in [0.1, 0.15) is 0 Å². The third-order valence-electron chi connectivity index (χ3n) is 7.09. The van der Waals surface area contributed by atoms with Gasteiger partial charge in [0.15, 0.2) is 0 Å². The van der Waals surface area contributed by atoms with Gasteiger partial charge in [-0.1, -0.05) is 63.7 Å². The third-order valence-corrected chi connectivity index (χ3v) is 7.09. The van der Waals surface area contributed by atoms with Gasteiger partial charge in [-0.25, -0.2) is 0 Å².